The van der Waals surface area contributed by atoms with Crippen molar-refractivity contribution in [1.29, 1.82) is 0 Å². The fourth-order valence-electron chi connectivity index (χ4n) is 2.52. The van der Waals surface area contributed by atoms with E-state index in [-0.39, 0.29) is 5.54 Å². The highest BCUT2D eigenvalue weighted by atomic mass is 16.5. The number of methoxy groups -OCH3 is 2. The molecule has 0 bridgehead atoms. The van der Waals surface area contributed by atoms with Gasteiger partial charge in [-0.2, -0.15) is 0 Å². The van der Waals surface area contributed by atoms with Crippen LogP contribution in [0.1, 0.15) is 31.9 Å². The summed E-state index contributed by atoms with van der Waals surface area (Å²) in [6.45, 7) is 6.30. The van der Waals surface area contributed by atoms with Gasteiger partial charge in [-0.3, -0.25) is 4.99 Å². The van der Waals surface area contributed by atoms with Gasteiger partial charge in [0.15, 0.2) is 0 Å². The highest BCUT2D eigenvalue weighted by molar-refractivity contribution is 6.04. The molecule has 0 spiro atoms. The van der Waals surface area contributed by atoms with Crippen molar-refractivity contribution in [2.24, 2.45) is 4.99 Å². The summed E-state index contributed by atoms with van der Waals surface area (Å²) in [7, 11) is 3.39. The van der Waals surface area contributed by atoms with Gasteiger partial charge in [-0.05, 0) is 32.9 Å². The maximum atomic E-state index is 5.44. The molecule has 0 fully saturated rings. The Bertz CT molecular complexity index is 475. The monoisotopic (exact) mass is 233 g/mol. The Morgan fingerprint density at radius 2 is 1.71 bits per heavy atom. The molecule has 0 unspecified atom stereocenters. The van der Waals surface area contributed by atoms with Crippen molar-refractivity contribution in [1.82, 2.24) is 0 Å². The summed E-state index contributed by atoms with van der Waals surface area (Å²) in [5, 5.41) is 0. The third-order valence-electron chi connectivity index (χ3n) is 3.11. The predicted molar refractivity (Wildman–Crippen MR) is 69.5 cm³/mol. The molecule has 1 heterocycles. The topological polar surface area (TPSA) is 30.8 Å². The number of hydrogen-bond donors (Lipinski definition) is 0. The summed E-state index contributed by atoms with van der Waals surface area (Å²) in [5.41, 5.74) is 3.24. The highest BCUT2D eigenvalue weighted by Crippen LogP contribution is 2.37. The van der Waals surface area contributed by atoms with Gasteiger partial charge in [0.05, 0.1) is 19.8 Å². The van der Waals surface area contributed by atoms with E-state index >= 15 is 0 Å². The minimum absolute atomic E-state index is 0.0727. The van der Waals surface area contributed by atoms with E-state index in [0.717, 1.165) is 29.2 Å². The quantitative estimate of drug-likeness (QED) is 0.786. The maximum Gasteiger partial charge on any atom is 0.128 e. The largest absolute Gasteiger partial charge is 0.496 e. The molecule has 0 saturated carbocycles. The van der Waals surface area contributed by atoms with Crippen LogP contribution in [0, 0.1) is 0 Å². The lowest BCUT2D eigenvalue weighted by atomic mass is 9.86. The first-order chi connectivity index (χ1) is 7.98. The van der Waals surface area contributed by atoms with Gasteiger partial charge in [0.2, 0.25) is 0 Å². The molecule has 1 aliphatic heterocycles. The average Bonchev–Trinajstić information content (AvgIpc) is 2.25. The Hall–Kier alpha value is -1.51. The van der Waals surface area contributed by atoms with Gasteiger partial charge in [0.25, 0.3) is 0 Å². The van der Waals surface area contributed by atoms with Crippen molar-refractivity contribution < 1.29 is 9.47 Å². The van der Waals surface area contributed by atoms with Crippen LogP contribution < -0.4 is 9.47 Å². The van der Waals surface area contributed by atoms with Crippen LogP contribution in [0.5, 0.6) is 11.5 Å². The zero-order chi connectivity index (χ0) is 12.6. The SMILES string of the molecule is COc1ccc(OC)c2c1CC(C)(C)N=C2C. The first-order valence-electron chi connectivity index (χ1n) is 5.79. The molecular formula is C14H19NO2. The lowest BCUT2D eigenvalue weighted by molar-refractivity contribution is 0.389. The summed E-state index contributed by atoms with van der Waals surface area (Å²) in [5.74, 6) is 1.79. The Morgan fingerprint density at radius 1 is 1.12 bits per heavy atom. The fourth-order valence-corrected chi connectivity index (χ4v) is 2.52. The number of benzene rings is 1. The van der Waals surface area contributed by atoms with Crippen LogP contribution in [0.2, 0.25) is 0 Å². The first-order valence-corrected chi connectivity index (χ1v) is 5.79. The molecule has 1 aromatic carbocycles. The fraction of sp³-hybridized carbons (Fsp3) is 0.500. The maximum absolute atomic E-state index is 5.44. The predicted octanol–water partition coefficient (Wildman–Crippen LogP) is 2.85. The lowest BCUT2D eigenvalue weighted by Gasteiger charge is -2.30. The van der Waals surface area contributed by atoms with Gasteiger partial charge in [-0.1, -0.05) is 0 Å². The molecule has 1 aromatic rings. The van der Waals surface area contributed by atoms with E-state index in [9.17, 15) is 0 Å². The van der Waals surface area contributed by atoms with E-state index in [0.29, 0.717) is 0 Å². The molecule has 92 valence electrons. The molecule has 0 radical (unpaired) electrons. The van der Waals surface area contributed by atoms with E-state index in [1.165, 1.54) is 5.56 Å². The molecule has 17 heavy (non-hydrogen) atoms. The number of hydrogen-bond acceptors (Lipinski definition) is 3. The van der Waals surface area contributed by atoms with Gasteiger partial charge in [-0.15, -0.1) is 0 Å². The van der Waals surface area contributed by atoms with Crippen LogP contribution >= 0.6 is 0 Å². The minimum atomic E-state index is -0.0727. The van der Waals surface area contributed by atoms with E-state index < -0.39 is 0 Å². The van der Waals surface area contributed by atoms with Crippen molar-refractivity contribution >= 4 is 5.71 Å². The molecule has 0 N–H and O–H groups in total. The summed E-state index contributed by atoms with van der Waals surface area (Å²) in [6.07, 6.45) is 0.875. The minimum Gasteiger partial charge on any atom is -0.496 e. The van der Waals surface area contributed by atoms with Crippen LogP contribution in [0.3, 0.4) is 0 Å². The van der Waals surface area contributed by atoms with Crippen molar-refractivity contribution in [2.75, 3.05) is 14.2 Å². The Morgan fingerprint density at radius 3 is 2.29 bits per heavy atom. The smallest absolute Gasteiger partial charge is 0.128 e. The van der Waals surface area contributed by atoms with Crippen molar-refractivity contribution in [2.45, 2.75) is 32.7 Å². The third kappa shape index (κ3) is 2.02. The highest BCUT2D eigenvalue weighted by Gasteiger charge is 2.29. The number of ether oxygens (including phenoxy) is 2. The van der Waals surface area contributed by atoms with Crippen LogP contribution in [0.15, 0.2) is 17.1 Å². The Labute approximate surface area is 102 Å². The number of nitrogens with zero attached hydrogens (tertiary/aromatic N) is 1. The first kappa shape index (κ1) is 12.0. The molecule has 0 aromatic heterocycles. The summed E-state index contributed by atoms with van der Waals surface area (Å²) in [6, 6.07) is 3.90. The molecule has 2 rings (SSSR count). The molecule has 3 nitrogen and oxygen atoms in total. The standard InChI is InChI=1S/C14H19NO2/c1-9-13-10(8-14(2,3)15-9)11(16-4)6-7-12(13)17-5/h6-7H,8H2,1-5H3. The normalized spacial score (nSPS) is 17.1. The van der Waals surface area contributed by atoms with Crippen molar-refractivity contribution in [3.8, 4) is 11.5 Å². The van der Waals surface area contributed by atoms with Gasteiger partial charge >= 0.3 is 0 Å². The van der Waals surface area contributed by atoms with E-state index in [1.807, 2.05) is 19.1 Å². The molecule has 1 aliphatic rings. The summed E-state index contributed by atoms with van der Waals surface area (Å²) < 4.78 is 10.9. The van der Waals surface area contributed by atoms with Crippen LogP contribution in [-0.4, -0.2) is 25.5 Å². The van der Waals surface area contributed by atoms with Gasteiger partial charge < -0.3 is 9.47 Å². The Kier molecular flexibility index (Phi) is 2.86. The third-order valence-corrected chi connectivity index (χ3v) is 3.11. The molecule has 0 amide bonds. The zero-order valence-corrected chi connectivity index (χ0v) is 11.1. The summed E-state index contributed by atoms with van der Waals surface area (Å²) in [4.78, 5) is 4.72. The second kappa shape index (κ2) is 4.06. The lowest BCUT2D eigenvalue weighted by Crippen LogP contribution is -2.28. The molecule has 0 aliphatic carbocycles. The van der Waals surface area contributed by atoms with Crippen LogP contribution in [-0.2, 0) is 6.42 Å². The average molecular weight is 233 g/mol. The van der Waals surface area contributed by atoms with E-state index in [2.05, 4.69) is 13.8 Å². The number of rotatable bonds is 2. The molecular weight excluding hydrogens is 214 g/mol. The number of fused-ring (bicyclic) bond motifs is 1. The summed E-state index contributed by atoms with van der Waals surface area (Å²) >= 11 is 0. The second-order valence-corrected chi connectivity index (χ2v) is 5.01. The Balaban J connectivity index is 2.67. The van der Waals surface area contributed by atoms with Gasteiger partial charge in [0.1, 0.15) is 11.5 Å². The van der Waals surface area contributed by atoms with E-state index in [1.54, 1.807) is 14.2 Å². The zero-order valence-electron chi connectivity index (χ0n) is 11.1. The molecule has 0 saturated heterocycles. The number of aliphatic imine (C=N–C) groups is 1. The molecule has 0 atom stereocenters. The second-order valence-electron chi connectivity index (χ2n) is 5.01. The van der Waals surface area contributed by atoms with Gasteiger partial charge in [-0.25, -0.2) is 0 Å². The van der Waals surface area contributed by atoms with E-state index in [4.69, 9.17) is 14.5 Å². The van der Waals surface area contributed by atoms with Crippen molar-refractivity contribution in [3.63, 3.8) is 0 Å². The van der Waals surface area contributed by atoms with Crippen molar-refractivity contribution in [3.05, 3.63) is 23.3 Å². The van der Waals surface area contributed by atoms with Crippen LogP contribution in [0.4, 0.5) is 0 Å². The van der Waals surface area contributed by atoms with Gasteiger partial charge in [0, 0.05) is 23.3 Å². The molecule has 3 heteroatoms. The van der Waals surface area contributed by atoms with Crippen LogP contribution in [0.25, 0.3) is 0 Å².